The van der Waals surface area contributed by atoms with E-state index in [1.54, 1.807) is 7.11 Å². The Kier molecular flexibility index (Phi) is 2.74. The molecule has 0 unspecified atom stereocenters. The molecule has 0 atom stereocenters. The lowest BCUT2D eigenvalue weighted by Gasteiger charge is -2.19. The Morgan fingerprint density at radius 2 is 2.05 bits per heavy atom. The molecule has 1 saturated carbocycles. The molecular formula is C16H18N2O. The first-order valence-corrected chi connectivity index (χ1v) is 6.75. The molecule has 0 radical (unpaired) electrons. The van der Waals surface area contributed by atoms with Crippen LogP contribution in [0, 0.1) is 11.3 Å². The molecule has 3 heteroatoms. The number of nitriles is 1. The van der Waals surface area contributed by atoms with Gasteiger partial charge in [0.25, 0.3) is 0 Å². The van der Waals surface area contributed by atoms with Crippen molar-refractivity contribution in [2.75, 3.05) is 7.11 Å². The Hall–Kier alpha value is -1.95. The van der Waals surface area contributed by atoms with Gasteiger partial charge in [0, 0.05) is 24.1 Å². The normalized spacial score (nSPS) is 17.5. The lowest BCUT2D eigenvalue weighted by atomic mass is 9.80. The average molecular weight is 254 g/mol. The largest absolute Gasteiger partial charge is 0.497 e. The Balaban J connectivity index is 2.26. The average Bonchev–Trinajstić information content (AvgIpc) is 3.04. The molecular weight excluding hydrogens is 236 g/mol. The van der Waals surface area contributed by atoms with Gasteiger partial charge < -0.3 is 9.30 Å². The van der Waals surface area contributed by atoms with Crippen molar-refractivity contribution in [2.24, 2.45) is 7.05 Å². The second-order valence-electron chi connectivity index (χ2n) is 5.44. The standard InChI is InChI=1S/C16H18N2O/c1-18-10-14(16(11-17)7-3-4-8-16)13-9-12(19-2)5-6-15(13)18/h5-6,9-10H,3-4,7-8H2,1-2H3. The first-order valence-electron chi connectivity index (χ1n) is 6.75. The molecule has 2 aromatic rings. The van der Waals surface area contributed by atoms with Crippen molar-refractivity contribution in [1.29, 1.82) is 5.26 Å². The van der Waals surface area contributed by atoms with E-state index in [4.69, 9.17) is 4.74 Å². The van der Waals surface area contributed by atoms with E-state index in [1.807, 2.05) is 13.1 Å². The third-order valence-corrected chi connectivity index (χ3v) is 4.38. The van der Waals surface area contributed by atoms with Gasteiger partial charge in [0.15, 0.2) is 0 Å². The zero-order valence-electron chi connectivity index (χ0n) is 11.4. The monoisotopic (exact) mass is 254 g/mol. The molecule has 3 nitrogen and oxygen atoms in total. The van der Waals surface area contributed by atoms with Gasteiger partial charge in [-0.25, -0.2) is 0 Å². The van der Waals surface area contributed by atoms with E-state index in [9.17, 15) is 5.26 Å². The highest BCUT2D eigenvalue weighted by Gasteiger charge is 2.38. The van der Waals surface area contributed by atoms with Crippen molar-refractivity contribution in [3.8, 4) is 11.8 Å². The number of ether oxygens (including phenoxy) is 1. The molecule has 0 amide bonds. The molecule has 0 N–H and O–H groups in total. The van der Waals surface area contributed by atoms with Crippen LogP contribution < -0.4 is 4.74 Å². The molecule has 19 heavy (non-hydrogen) atoms. The molecule has 1 heterocycles. The minimum atomic E-state index is -0.300. The van der Waals surface area contributed by atoms with Crippen LogP contribution in [0.1, 0.15) is 31.2 Å². The molecule has 0 spiro atoms. The minimum Gasteiger partial charge on any atom is -0.497 e. The first-order chi connectivity index (χ1) is 9.20. The second-order valence-corrected chi connectivity index (χ2v) is 5.44. The third-order valence-electron chi connectivity index (χ3n) is 4.38. The van der Waals surface area contributed by atoms with Crippen LogP contribution in [0.4, 0.5) is 0 Å². The second kappa shape index (κ2) is 4.31. The van der Waals surface area contributed by atoms with Crippen molar-refractivity contribution in [2.45, 2.75) is 31.1 Å². The molecule has 1 aliphatic carbocycles. The SMILES string of the molecule is COc1ccc2c(c1)c(C1(C#N)CCCC1)cn2C. The molecule has 0 saturated heterocycles. The van der Waals surface area contributed by atoms with Gasteiger partial charge in [-0.05, 0) is 36.6 Å². The summed E-state index contributed by atoms with van der Waals surface area (Å²) in [5.74, 6) is 0.853. The van der Waals surface area contributed by atoms with E-state index in [0.29, 0.717) is 0 Å². The van der Waals surface area contributed by atoms with Gasteiger partial charge in [0.2, 0.25) is 0 Å². The summed E-state index contributed by atoms with van der Waals surface area (Å²) in [5, 5.41) is 10.8. The van der Waals surface area contributed by atoms with E-state index in [-0.39, 0.29) is 5.41 Å². The van der Waals surface area contributed by atoms with Gasteiger partial charge in [-0.2, -0.15) is 5.26 Å². The third kappa shape index (κ3) is 1.71. The molecule has 3 rings (SSSR count). The first kappa shape index (κ1) is 12.1. The number of rotatable bonds is 2. The number of aryl methyl sites for hydroxylation is 1. The van der Waals surface area contributed by atoms with Crippen LogP contribution in [0.15, 0.2) is 24.4 Å². The summed E-state index contributed by atoms with van der Waals surface area (Å²) in [7, 11) is 3.72. The molecule has 98 valence electrons. The fourth-order valence-electron chi connectivity index (χ4n) is 3.30. The maximum Gasteiger partial charge on any atom is 0.119 e. The van der Waals surface area contributed by atoms with Crippen molar-refractivity contribution in [1.82, 2.24) is 4.57 Å². The van der Waals surface area contributed by atoms with Gasteiger partial charge >= 0.3 is 0 Å². The van der Waals surface area contributed by atoms with E-state index in [1.165, 1.54) is 5.56 Å². The predicted molar refractivity (Wildman–Crippen MR) is 75.2 cm³/mol. The summed E-state index contributed by atoms with van der Waals surface area (Å²) < 4.78 is 7.44. The molecule has 1 aromatic carbocycles. The van der Waals surface area contributed by atoms with Crippen LogP contribution >= 0.6 is 0 Å². The van der Waals surface area contributed by atoms with Crippen molar-refractivity contribution >= 4 is 10.9 Å². The molecule has 0 aliphatic heterocycles. The zero-order chi connectivity index (χ0) is 13.5. The Bertz CT molecular complexity index is 657. The highest BCUT2D eigenvalue weighted by molar-refractivity contribution is 5.87. The lowest BCUT2D eigenvalue weighted by Crippen LogP contribution is -2.18. The smallest absolute Gasteiger partial charge is 0.119 e. The number of nitrogens with zero attached hydrogens (tertiary/aromatic N) is 2. The van der Waals surface area contributed by atoms with E-state index < -0.39 is 0 Å². The van der Waals surface area contributed by atoms with Gasteiger partial charge in [-0.3, -0.25) is 0 Å². The molecule has 1 aromatic heterocycles. The number of methoxy groups -OCH3 is 1. The number of fused-ring (bicyclic) bond motifs is 1. The Morgan fingerprint density at radius 1 is 1.32 bits per heavy atom. The van der Waals surface area contributed by atoms with Crippen molar-refractivity contribution in [3.63, 3.8) is 0 Å². The number of hydrogen-bond acceptors (Lipinski definition) is 2. The predicted octanol–water partition coefficient (Wildman–Crippen LogP) is 3.52. The van der Waals surface area contributed by atoms with Crippen molar-refractivity contribution < 1.29 is 4.74 Å². The summed E-state index contributed by atoms with van der Waals surface area (Å²) in [5.41, 5.74) is 2.03. The maximum atomic E-state index is 9.67. The summed E-state index contributed by atoms with van der Waals surface area (Å²) >= 11 is 0. The lowest BCUT2D eigenvalue weighted by molar-refractivity contribution is 0.415. The topological polar surface area (TPSA) is 37.9 Å². The maximum absolute atomic E-state index is 9.67. The van der Waals surface area contributed by atoms with Gasteiger partial charge in [0.1, 0.15) is 5.75 Å². The highest BCUT2D eigenvalue weighted by atomic mass is 16.5. The summed E-state index contributed by atoms with van der Waals surface area (Å²) in [6.07, 6.45) is 6.36. The number of benzene rings is 1. The fourth-order valence-corrected chi connectivity index (χ4v) is 3.30. The summed E-state index contributed by atoms with van der Waals surface area (Å²) in [4.78, 5) is 0. The number of hydrogen-bond donors (Lipinski definition) is 0. The quantitative estimate of drug-likeness (QED) is 0.822. The summed E-state index contributed by atoms with van der Waals surface area (Å²) in [6.45, 7) is 0. The van der Waals surface area contributed by atoms with Crippen LogP contribution in [0.25, 0.3) is 10.9 Å². The van der Waals surface area contributed by atoms with E-state index in [0.717, 1.165) is 42.3 Å². The highest BCUT2D eigenvalue weighted by Crippen LogP contribution is 2.44. The van der Waals surface area contributed by atoms with Crippen molar-refractivity contribution in [3.05, 3.63) is 30.0 Å². The zero-order valence-corrected chi connectivity index (χ0v) is 11.4. The van der Waals surface area contributed by atoms with Crippen LogP contribution in [0.5, 0.6) is 5.75 Å². The van der Waals surface area contributed by atoms with Crippen LogP contribution in [0.2, 0.25) is 0 Å². The molecule has 1 fully saturated rings. The van der Waals surface area contributed by atoms with Crippen LogP contribution in [-0.4, -0.2) is 11.7 Å². The van der Waals surface area contributed by atoms with E-state index in [2.05, 4.69) is 29.0 Å². The van der Waals surface area contributed by atoms with Gasteiger partial charge in [0.05, 0.1) is 18.6 Å². The molecule has 0 bridgehead atoms. The van der Waals surface area contributed by atoms with Gasteiger partial charge in [-0.1, -0.05) is 12.8 Å². The summed E-state index contributed by atoms with van der Waals surface area (Å²) in [6, 6.07) is 8.68. The minimum absolute atomic E-state index is 0.300. The number of aromatic nitrogens is 1. The Morgan fingerprint density at radius 3 is 2.68 bits per heavy atom. The van der Waals surface area contributed by atoms with Crippen LogP contribution in [-0.2, 0) is 12.5 Å². The molecule has 1 aliphatic rings. The van der Waals surface area contributed by atoms with E-state index >= 15 is 0 Å². The van der Waals surface area contributed by atoms with Crippen LogP contribution in [0.3, 0.4) is 0 Å². The Labute approximate surface area is 113 Å². The van der Waals surface area contributed by atoms with Gasteiger partial charge in [-0.15, -0.1) is 0 Å². The fraction of sp³-hybridized carbons (Fsp3) is 0.438.